The molecule has 0 spiro atoms. The van der Waals surface area contributed by atoms with Gasteiger partial charge in [-0.25, -0.2) is 9.18 Å². The van der Waals surface area contributed by atoms with Crippen molar-refractivity contribution in [1.29, 1.82) is 0 Å². The standard InChI is InChI=1S/C19H26FN3O2/c1-14(16-9-5-6-10-17(16)20)22-13-18(24)23-19(25)21-12-11-15-7-3-2-4-8-15/h5-7,9-10,14,22H,2-4,8,11-13H2,1H3,(H2,21,23,24,25). The number of hydrogen-bond acceptors (Lipinski definition) is 3. The molecule has 0 radical (unpaired) electrons. The third-order valence-corrected chi connectivity index (χ3v) is 4.31. The highest BCUT2D eigenvalue weighted by molar-refractivity contribution is 5.95. The summed E-state index contributed by atoms with van der Waals surface area (Å²) >= 11 is 0. The highest BCUT2D eigenvalue weighted by Gasteiger charge is 2.13. The third-order valence-electron chi connectivity index (χ3n) is 4.31. The van der Waals surface area contributed by atoms with E-state index in [1.165, 1.54) is 24.5 Å². The van der Waals surface area contributed by atoms with Crippen LogP contribution in [0.15, 0.2) is 35.9 Å². The summed E-state index contributed by atoms with van der Waals surface area (Å²) in [5.41, 5.74) is 1.86. The fraction of sp³-hybridized carbons (Fsp3) is 0.474. The number of rotatable bonds is 7. The van der Waals surface area contributed by atoms with Gasteiger partial charge in [0.15, 0.2) is 0 Å². The number of imide groups is 1. The van der Waals surface area contributed by atoms with Gasteiger partial charge in [-0.1, -0.05) is 29.8 Å². The second kappa shape index (κ2) is 9.93. The molecule has 1 aromatic carbocycles. The zero-order valence-electron chi connectivity index (χ0n) is 14.6. The van der Waals surface area contributed by atoms with Crippen LogP contribution < -0.4 is 16.0 Å². The zero-order chi connectivity index (χ0) is 18.1. The largest absolute Gasteiger partial charge is 0.337 e. The van der Waals surface area contributed by atoms with E-state index in [9.17, 15) is 14.0 Å². The van der Waals surface area contributed by atoms with Gasteiger partial charge in [0.2, 0.25) is 5.91 Å². The van der Waals surface area contributed by atoms with Gasteiger partial charge in [-0.05, 0) is 45.1 Å². The van der Waals surface area contributed by atoms with Crippen molar-refractivity contribution in [2.45, 2.75) is 45.1 Å². The average molecular weight is 347 g/mol. The molecular formula is C19H26FN3O2. The Balaban J connectivity index is 1.64. The minimum Gasteiger partial charge on any atom is -0.337 e. The first-order chi connectivity index (χ1) is 12.1. The average Bonchev–Trinajstić information content (AvgIpc) is 2.61. The molecule has 0 fully saturated rings. The smallest absolute Gasteiger partial charge is 0.321 e. The van der Waals surface area contributed by atoms with Crippen molar-refractivity contribution < 1.29 is 14.0 Å². The van der Waals surface area contributed by atoms with Crippen LogP contribution in [0, 0.1) is 5.82 Å². The van der Waals surface area contributed by atoms with Crippen molar-refractivity contribution in [2.75, 3.05) is 13.1 Å². The number of halogens is 1. The van der Waals surface area contributed by atoms with Crippen LogP contribution in [0.3, 0.4) is 0 Å². The molecule has 1 unspecified atom stereocenters. The number of urea groups is 1. The van der Waals surface area contributed by atoms with Gasteiger partial charge in [0.1, 0.15) is 5.82 Å². The van der Waals surface area contributed by atoms with Gasteiger partial charge in [-0.2, -0.15) is 0 Å². The van der Waals surface area contributed by atoms with E-state index >= 15 is 0 Å². The molecule has 1 aromatic rings. The highest BCUT2D eigenvalue weighted by atomic mass is 19.1. The molecule has 136 valence electrons. The number of allylic oxidation sites excluding steroid dienone is 1. The van der Waals surface area contributed by atoms with Crippen LogP contribution in [0.4, 0.5) is 9.18 Å². The van der Waals surface area contributed by atoms with Gasteiger partial charge in [0.05, 0.1) is 6.54 Å². The lowest BCUT2D eigenvalue weighted by Gasteiger charge is -2.15. The van der Waals surface area contributed by atoms with Gasteiger partial charge < -0.3 is 10.6 Å². The lowest BCUT2D eigenvalue weighted by molar-refractivity contribution is -0.119. The normalized spacial score (nSPS) is 15.2. The first-order valence-electron chi connectivity index (χ1n) is 8.79. The molecule has 0 aliphatic heterocycles. The molecule has 25 heavy (non-hydrogen) atoms. The molecule has 5 nitrogen and oxygen atoms in total. The first kappa shape index (κ1) is 19.1. The van der Waals surface area contributed by atoms with E-state index in [1.54, 1.807) is 25.1 Å². The van der Waals surface area contributed by atoms with E-state index in [1.807, 2.05) is 0 Å². The van der Waals surface area contributed by atoms with E-state index in [0.717, 1.165) is 19.3 Å². The lowest BCUT2D eigenvalue weighted by Crippen LogP contribution is -2.44. The second-order valence-electron chi connectivity index (χ2n) is 6.29. The van der Waals surface area contributed by atoms with E-state index in [4.69, 9.17) is 0 Å². The Morgan fingerprint density at radius 2 is 2.04 bits per heavy atom. The molecule has 6 heteroatoms. The minimum absolute atomic E-state index is 0.0614. The Labute approximate surface area is 148 Å². The summed E-state index contributed by atoms with van der Waals surface area (Å²) in [7, 11) is 0. The molecule has 0 heterocycles. The van der Waals surface area contributed by atoms with Crippen molar-refractivity contribution in [3.8, 4) is 0 Å². The van der Waals surface area contributed by atoms with Crippen molar-refractivity contribution in [3.05, 3.63) is 47.3 Å². The van der Waals surface area contributed by atoms with E-state index in [2.05, 4.69) is 22.0 Å². The van der Waals surface area contributed by atoms with Gasteiger partial charge in [0.25, 0.3) is 0 Å². The molecule has 0 aromatic heterocycles. The van der Waals surface area contributed by atoms with Gasteiger partial charge in [-0.15, -0.1) is 0 Å². The molecular weight excluding hydrogens is 321 g/mol. The number of amides is 3. The molecule has 3 N–H and O–H groups in total. The predicted octanol–water partition coefficient (Wildman–Crippen LogP) is 3.19. The Morgan fingerprint density at radius 3 is 2.76 bits per heavy atom. The van der Waals surface area contributed by atoms with Crippen LogP contribution in [0.5, 0.6) is 0 Å². The van der Waals surface area contributed by atoms with Crippen molar-refractivity contribution in [3.63, 3.8) is 0 Å². The maximum Gasteiger partial charge on any atom is 0.321 e. The summed E-state index contributed by atoms with van der Waals surface area (Å²) in [6.07, 6.45) is 7.73. The topological polar surface area (TPSA) is 70.2 Å². The minimum atomic E-state index is -0.498. The number of benzene rings is 1. The molecule has 1 atom stereocenters. The summed E-state index contributed by atoms with van der Waals surface area (Å²) in [6.45, 7) is 2.22. The number of carbonyl (C=O) groups excluding carboxylic acids is 2. The Hall–Kier alpha value is -2.21. The number of hydrogen-bond donors (Lipinski definition) is 3. The molecule has 3 amide bonds. The van der Waals surface area contributed by atoms with Gasteiger partial charge >= 0.3 is 6.03 Å². The summed E-state index contributed by atoms with van der Waals surface area (Å²) in [5, 5.41) is 7.88. The molecule has 1 aliphatic carbocycles. The van der Waals surface area contributed by atoms with E-state index < -0.39 is 11.9 Å². The Morgan fingerprint density at radius 1 is 1.24 bits per heavy atom. The predicted molar refractivity (Wildman–Crippen MR) is 95.5 cm³/mol. The summed E-state index contributed by atoms with van der Waals surface area (Å²) < 4.78 is 13.7. The number of carbonyl (C=O) groups is 2. The van der Waals surface area contributed by atoms with E-state index in [-0.39, 0.29) is 18.4 Å². The van der Waals surface area contributed by atoms with Crippen molar-refractivity contribution in [2.24, 2.45) is 0 Å². The molecule has 0 bridgehead atoms. The maximum atomic E-state index is 13.7. The Kier molecular flexibility index (Phi) is 7.60. The third kappa shape index (κ3) is 6.66. The molecule has 0 saturated heterocycles. The van der Waals surface area contributed by atoms with Gasteiger partial charge in [0, 0.05) is 18.2 Å². The van der Waals surface area contributed by atoms with E-state index in [0.29, 0.717) is 12.1 Å². The number of nitrogens with one attached hydrogen (secondary N) is 3. The van der Waals surface area contributed by atoms with Crippen LogP contribution in [-0.2, 0) is 4.79 Å². The lowest BCUT2D eigenvalue weighted by atomic mass is 9.97. The van der Waals surface area contributed by atoms with Crippen LogP contribution >= 0.6 is 0 Å². The summed E-state index contributed by atoms with van der Waals surface area (Å²) in [5.74, 6) is -0.768. The Bertz CT molecular complexity index is 631. The molecule has 0 saturated carbocycles. The first-order valence-corrected chi connectivity index (χ1v) is 8.79. The van der Waals surface area contributed by atoms with Crippen molar-refractivity contribution >= 4 is 11.9 Å². The van der Waals surface area contributed by atoms with Crippen LogP contribution in [0.1, 0.15) is 50.6 Å². The fourth-order valence-corrected chi connectivity index (χ4v) is 2.87. The monoisotopic (exact) mass is 347 g/mol. The second-order valence-corrected chi connectivity index (χ2v) is 6.29. The summed E-state index contributed by atoms with van der Waals surface area (Å²) in [4.78, 5) is 23.5. The van der Waals surface area contributed by atoms with Crippen molar-refractivity contribution in [1.82, 2.24) is 16.0 Å². The van der Waals surface area contributed by atoms with Gasteiger partial charge in [-0.3, -0.25) is 10.1 Å². The van der Waals surface area contributed by atoms with Crippen LogP contribution in [0.25, 0.3) is 0 Å². The molecule has 2 rings (SSSR count). The molecule has 1 aliphatic rings. The zero-order valence-corrected chi connectivity index (χ0v) is 14.6. The fourth-order valence-electron chi connectivity index (χ4n) is 2.87. The van der Waals surface area contributed by atoms with Crippen LogP contribution in [-0.4, -0.2) is 25.0 Å². The quantitative estimate of drug-likeness (QED) is 0.664. The SMILES string of the molecule is CC(NCC(=O)NC(=O)NCCC1=CCCCC1)c1ccccc1F. The highest BCUT2D eigenvalue weighted by Crippen LogP contribution is 2.19. The summed E-state index contributed by atoms with van der Waals surface area (Å²) in [6, 6.07) is 5.58. The van der Waals surface area contributed by atoms with Crippen LogP contribution in [0.2, 0.25) is 0 Å². The maximum absolute atomic E-state index is 13.7.